The lowest BCUT2D eigenvalue weighted by Gasteiger charge is -2.09. The molecular formula is C23H17N7OS. The second kappa shape index (κ2) is 8.91. The molecule has 5 rings (SSSR count). The van der Waals surface area contributed by atoms with E-state index in [0.717, 1.165) is 27.9 Å². The number of ether oxygens (including phenoxy) is 1. The average Bonchev–Trinajstić information content (AvgIpc) is 3.49. The summed E-state index contributed by atoms with van der Waals surface area (Å²) in [7, 11) is 0. The second-order valence-electron chi connectivity index (χ2n) is 7.03. The van der Waals surface area contributed by atoms with Crippen molar-refractivity contribution >= 4 is 21.6 Å². The summed E-state index contributed by atoms with van der Waals surface area (Å²) < 4.78 is 8.65. The topological polar surface area (TPSA) is 102 Å². The van der Waals surface area contributed by atoms with Crippen molar-refractivity contribution in [3.05, 3.63) is 95.3 Å². The van der Waals surface area contributed by atoms with Crippen LogP contribution in [0.2, 0.25) is 0 Å². The van der Waals surface area contributed by atoms with Gasteiger partial charge in [-0.2, -0.15) is 15.3 Å². The monoisotopic (exact) mass is 439 g/mol. The molecule has 9 heteroatoms. The number of thiazole rings is 1. The Morgan fingerprint density at radius 3 is 2.69 bits per heavy atom. The van der Waals surface area contributed by atoms with Crippen molar-refractivity contribution in [2.24, 2.45) is 0 Å². The number of benzene rings is 1. The Morgan fingerprint density at radius 1 is 1.03 bits per heavy atom. The SMILES string of the molecule is N#CC(c1ccnc(OCc2ccc(Cn3cccn3)cc2)n1)c1nc2cnccc2s1. The summed E-state index contributed by atoms with van der Waals surface area (Å²) in [6.07, 6.45) is 8.71. The molecule has 0 saturated heterocycles. The van der Waals surface area contributed by atoms with Gasteiger partial charge in [-0.25, -0.2) is 9.97 Å². The molecule has 1 unspecified atom stereocenters. The van der Waals surface area contributed by atoms with E-state index in [0.29, 0.717) is 17.3 Å². The molecule has 0 aliphatic heterocycles. The first-order valence-electron chi connectivity index (χ1n) is 9.89. The third-order valence-electron chi connectivity index (χ3n) is 4.83. The van der Waals surface area contributed by atoms with Gasteiger partial charge < -0.3 is 4.74 Å². The third-order valence-corrected chi connectivity index (χ3v) is 5.93. The summed E-state index contributed by atoms with van der Waals surface area (Å²) >= 11 is 1.46. The van der Waals surface area contributed by atoms with Crippen LogP contribution < -0.4 is 4.74 Å². The molecule has 0 radical (unpaired) electrons. The zero-order chi connectivity index (χ0) is 21.8. The summed E-state index contributed by atoms with van der Waals surface area (Å²) in [5.74, 6) is -0.598. The van der Waals surface area contributed by atoms with Crippen LogP contribution in [0, 0.1) is 11.3 Å². The molecule has 0 spiro atoms. The number of hydrogen-bond donors (Lipinski definition) is 0. The highest BCUT2D eigenvalue weighted by Gasteiger charge is 2.20. The van der Waals surface area contributed by atoms with E-state index in [2.05, 4.69) is 31.1 Å². The van der Waals surface area contributed by atoms with Gasteiger partial charge in [0.25, 0.3) is 0 Å². The van der Waals surface area contributed by atoms with Crippen LogP contribution in [0.25, 0.3) is 10.2 Å². The zero-order valence-electron chi connectivity index (χ0n) is 16.9. The highest BCUT2D eigenvalue weighted by molar-refractivity contribution is 7.18. The van der Waals surface area contributed by atoms with E-state index < -0.39 is 5.92 Å². The molecule has 156 valence electrons. The highest BCUT2D eigenvalue weighted by atomic mass is 32.1. The molecule has 0 saturated carbocycles. The Balaban J connectivity index is 1.28. The van der Waals surface area contributed by atoms with Crippen molar-refractivity contribution in [2.75, 3.05) is 0 Å². The number of pyridine rings is 1. The standard InChI is InChI=1S/C23H17N7OS/c24-12-18(22-28-20-13-25-9-7-21(20)32-22)19-6-10-26-23(29-19)31-15-17-4-2-16(3-5-17)14-30-11-1-8-27-30/h1-11,13,18H,14-15H2. The Hall–Kier alpha value is -4.16. The van der Waals surface area contributed by atoms with Gasteiger partial charge in [-0.3, -0.25) is 9.67 Å². The van der Waals surface area contributed by atoms with Crippen molar-refractivity contribution in [2.45, 2.75) is 19.1 Å². The van der Waals surface area contributed by atoms with Crippen molar-refractivity contribution in [1.29, 1.82) is 5.26 Å². The summed E-state index contributed by atoms with van der Waals surface area (Å²) in [4.78, 5) is 17.3. The van der Waals surface area contributed by atoms with Crippen LogP contribution in [0.5, 0.6) is 6.01 Å². The van der Waals surface area contributed by atoms with E-state index in [4.69, 9.17) is 4.74 Å². The molecular weight excluding hydrogens is 422 g/mol. The molecule has 1 aromatic carbocycles. The first-order valence-corrected chi connectivity index (χ1v) is 10.7. The van der Waals surface area contributed by atoms with Crippen molar-refractivity contribution in [3.63, 3.8) is 0 Å². The van der Waals surface area contributed by atoms with E-state index in [1.807, 2.05) is 47.3 Å². The predicted molar refractivity (Wildman–Crippen MR) is 119 cm³/mol. The minimum absolute atomic E-state index is 0.228. The lowest BCUT2D eigenvalue weighted by molar-refractivity contribution is 0.279. The smallest absolute Gasteiger partial charge is 0.316 e. The Kier molecular flexibility index (Phi) is 5.51. The summed E-state index contributed by atoms with van der Waals surface area (Å²) in [5.41, 5.74) is 3.48. The van der Waals surface area contributed by atoms with E-state index in [-0.39, 0.29) is 6.01 Å². The van der Waals surface area contributed by atoms with Crippen molar-refractivity contribution < 1.29 is 4.74 Å². The van der Waals surface area contributed by atoms with Crippen LogP contribution in [-0.4, -0.2) is 29.7 Å². The van der Waals surface area contributed by atoms with Gasteiger partial charge in [0.05, 0.1) is 34.7 Å². The molecule has 32 heavy (non-hydrogen) atoms. The van der Waals surface area contributed by atoms with Gasteiger partial charge in [0, 0.05) is 24.8 Å². The van der Waals surface area contributed by atoms with Crippen molar-refractivity contribution in [1.82, 2.24) is 29.7 Å². The second-order valence-corrected chi connectivity index (χ2v) is 8.09. The summed E-state index contributed by atoms with van der Waals surface area (Å²) in [6, 6.07) is 16.1. The molecule has 0 aliphatic rings. The van der Waals surface area contributed by atoms with Gasteiger partial charge in [0.15, 0.2) is 0 Å². The number of fused-ring (bicyclic) bond motifs is 1. The van der Waals surface area contributed by atoms with Crippen molar-refractivity contribution in [3.8, 4) is 12.1 Å². The third kappa shape index (κ3) is 4.31. The van der Waals surface area contributed by atoms with Crippen LogP contribution in [0.15, 0.2) is 73.4 Å². The number of aromatic nitrogens is 6. The lowest BCUT2D eigenvalue weighted by Crippen LogP contribution is -2.05. The summed E-state index contributed by atoms with van der Waals surface area (Å²) in [6.45, 7) is 1.05. The fourth-order valence-corrected chi connectivity index (χ4v) is 4.22. The zero-order valence-corrected chi connectivity index (χ0v) is 17.7. The van der Waals surface area contributed by atoms with Crippen LogP contribution in [-0.2, 0) is 13.2 Å². The van der Waals surface area contributed by atoms with Gasteiger partial charge in [0.2, 0.25) is 0 Å². The normalized spacial score (nSPS) is 11.8. The Labute approximate surface area is 187 Å². The molecule has 1 atom stereocenters. The average molecular weight is 440 g/mol. The summed E-state index contributed by atoms with van der Waals surface area (Å²) in [5, 5.41) is 14.7. The van der Waals surface area contributed by atoms with Crippen LogP contribution in [0.1, 0.15) is 27.7 Å². The molecule has 0 fully saturated rings. The fraction of sp³-hybridized carbons (Fsp3) is 0.130. The molecule has 0 amide bonds. The maximum absolute atomic E-state index is 9.77. The maximum atomic E-state index is 9.77. The van der Waals surface area contributed by atoms with E-state index in [1.165, 1.54) is 11.3 Å². The van der Waals surface area contributed by atoms with Gasteiger partial charge in [-0.05, 0) is 29.3 Å². The molecule has 8 nitrogen and oxygen atoms in total. The Bertz CT molecular complexity index is 1340. The highest BCUT2D eigenvalue weighted by Crippen LogP contribution is 2.30. The predicted octanol–water partition coefficient (Wildman–Crippen LogP) is 3.96. The maximum Gasteiger partial charge on any atom is 0.316 e. The van der Waals surface area contributed by atoms with Gasteiger partial charge in [-0.15, -0.1) is 11.3 Å². The van der Waals surface area contributed by atoms with E-state index in [9.17, 15) is 5.26 Å². The molecule has 0 bridgehead atoms. The number of rotatable bonds is 7. The van der Waals surface area contributed by atoms with Gasteiger partial charge >= 0.3 is 6.01 Å². The molecule has 0 N–H and O–H groups in total. The van der Waals surface area contributed by atoms with Gasteiger partial charge in [-0.1, -0.05) is 24.3 Å². The minimum atomic E-state index is -0.598. The largest absolute Gasteiger partial charge is 0.459 e. The van der Waals surface area contributed by atoms with Gasteiger partial charge in [0.1, 0.15) is 17.5 Å². The minimum Gasteiger partial charge on any atom is -0.459 e. The first-order chi connectivity index (χ1) is 15.8. The Morgan fingerprint density at radius 2 is 1.91 bits per heavy atom. The van der Waals surface area contributed by atoms with Crippen LogP contribution in [0.3, 0.4) is 0 Å². The number of nitriles is 1. The molecule has 0 aliphatic carbocycles. The fourth-order valence-electron chi connectivity index (χ4n) is 3.22. The molecule has 5 aromatic rings. The molecule has 4 aromatic heterocycles. The molecule has 4 heterocycles. The number of nitrogens with zero attached hydrogens (tertiary/aromatic N) is 7. The van der Waals surface area contributed by atoms with Crippen LogP contribution in [0.4, 0.5) is 0 Å². The number of hydrogen-bond acceptors (Lipinski definition) is 8. The van der Waals surface area contributed by atoms with E-state index in [1.54, 1.807) is 30.9 Å². The quantitative estimate of drug-likeness (QED) is 0.378. The lowest BCUT2D eigenvalue weighted by atomic mass is 10.1. The van der Waals surface area contributed by atoms with Crippen LogP contribution >= 0.6 is 11.3 Å². The van der Waals surface area contributed by atoms with E-state index >= 15 is 0 Å². The first kappa shape index (κ1) is 19.8.